The first-order valence-corrected chi connectivity index (χ1v) is 4.93. The molecule has 0 bridgehead atoms. The van der Waals surface area contributed by atoms with Crippen LogP contribution in [0, 0.1) is 0 Å². The number of nitrogens with one attached hydrogen (secondary N) is 1. The molecule has 82 valence electrons. The van der Waals surface area contributed by atoms with Gasteiger partial charge in [0.15, 0.2) is 11.5 Å². The smallest absolute Gasteiger partial charge is 0.218 e. The molecule has 2 rings (SSSR count). The van der Waals surface area contributed by atoms with Crippen LogP contribution in [0.3, 0.4) is 0 Å². The summed E-state index contributed by atoms with van der Waals surface area (Å²) in [5.41, 5.74) is 0.440. The molecule has 0 aliphatic carbocycles. The predicted octanol–water partition coefficient (Wildman–Crippen LogP) is 0.701. The summed E-state index contributed by atoms with van der Waals surface area (Å²) in [7, 11) is 0. The van der Waals surface area contributed by atoms with E-state index in [-0.39, 0.29) is 11.5 Å². The number of aliphatic imine (C=N–C) groups is 1. The first kappa shape index (κ1) is 10.4. The highest BCUT2D eigenvalue weighted by molar-refractivity contribution is 6.69. The second-order valence-electron chi connectivity index (χ2n) is 3.30. The lowest BCUT2D eigenvalue weighted by Gasteiger charge is -2.03. The van der Waals surface area contributed by atoms with Gasteiger partial charge in [0.1, 0.15) is 0 Å². The van der Waals surface area contributed by atoms with Crippen LogP contribution >= 0.6 is 0 Å². The third-order valence-electron chi connectivity index (χ3n) is 2.25. The van der Waals surface area contributed by atoms with E-state index in [0.717, 1.165) is 0 Å². The van der Waals surface area contributed by atoms with Crippen LogP contribution in [-0.2, 0) is 0 Å². The van der Waals surface area contributed by atoms with Crippen LogP contribution < -0.4 is 5.32 Å². The first-order valence-electron chi connectivity index (χ1n) is 4.93. The van der Waals surface area contributed by atoms with Crippen molar-refractivity contribution >= 4 is 17.3 Å². The van der Waals surface area contributed by atoms with Gasteiger partial charge in [0.2, 0.25) is 5.78 Å². The summed E-state index contributed by atoms with van der Waals surface area (Å²) in [6, 6.07) is 8.67. The molecule has 0 spiro atoms. The van der Waals surface area contributed by atoms with Gasteiger partial charge in [-0.25, -0.2) is 0 Å². The number of nitrogens with zero attached hydrogens (tertiary/aromatic N) is 2. The summed E-state index contributed by atoms with van der Waals surface area (Å²) in [5.74, 6) is 0.0209. The van der Waals surface area contributed by atoms with Gasteiger partial charge in [-0.1, -0.05) is 35.5 Å². The van der Waals surface area contributed by atoms with Crippen molar-refractivity contribution in [2.75, 3.05) is 13.1 Å². The Balaban J connectivity index is 2.27. The maximum Gasteiger partial charge on any atom is 0.218 e. The Morgan fingerprint density at radius 3 is 2.69 bits per heavy atom. The highest BCUT2D eigenvalue weighted by Gasteiger charge is 2.22. The number of carbonyl (C=O) groups excluding carboxylic acids is 1. The number of hydrogen-bond donors (Lipinski definition) is 2. The van der Waals surface area contributed by atoms with Crippen molar-refractivity contribution in [3.63, 3.8) is 0 Å². The van der Waals surface area contributed by atoms with E-state index in [4.69, 9.17) is 5.21 Å². The van der Waals surface area contributed by atoms with Crippen LogP contribution in [0.2, 0.25) is 0 Å². The van der Waals surface area contributed by atoms with Gasteiger partial charge in [-0.2, -0.15) is 0 Å². The topological polar surface area (TPSA) is 74.0 Å². The lowest BCUT2D eigenvalue weighted by Crippen LogP contribution is -2.33. The Hall–Kier alpha value is -2.17. The monoisotopic (exact) mass is 217 g/mol. The lowest BCUT2D eigenvalue weighted by atomic mass is 10.1. The zero-order valence-electron chi connectivity index (χ0n) is 8.55. The molecule has 0 aromatic heterocycles. The number of amidine groups is 1. The molecule has 1 aromatic rings. The van der Waals surface area contributed by atoms with Gasteiger partial charge >= 0.3 is 0 Å². The normalized spacial score (nSPS) is 15.5. The largest absolute Gasteiger partial charge is 0.410 e. The minimum Gasteiger partial charge on any atom is -0.410 e. The molecule has 5 nitrogen and oxygen atoms in total. The van der Waals surface area contributed by atoms with Crippen LogP contribution in [0.4, 0.5) is 0 Å². The average molecular weight is 217 g/mol. The first-order chi connectivity index (χ1) is 7.83. The van der Waals surface area contributed by atoms with Gasteiger partial charge in [-0.3, -0.25) is 9.79 Å². The number of Topliss-reactive ketones (excluding diaryl/α,β-unsaturated/α-hetero) is 1. The molecule has 0 unspecified atom stereocenters. The molecule has 2 N–H and O–H groups in total. The molecule has 16 heavy (non-hydrogen) atoms. The van der Waals surface area contributed by atoms with Gasteiger partial charge in [0, 0.05) is 12.1 Å². The van der Waals surface area contributed by atoms with Gasteiger partial charge in [0.25, 0.3) is 0 Å². The molecule has 0 radical (unpaired) electrons. The standard InChI is InChI=1S/C11H11N3O2/c15-10(8-4-2-1-3-5-8)9(14-16)11-12-6-7-13-11/h1-5,16H,6-7H2,(H,12,13)/b14-9-. The number of benzene rings is 1. The Kier molecular flexibility index (Phi) is 2.95. The molecule has 0 saturated heterocycles. The quantitative estimate of drug-likeness (QED) is 0.339. The Bertz CT molecular complexity index is 452. The van der Waals surface area contributed by atoms with Crippen molar-refractivity contribution in [2.45, 2.75) is 0 Å². The van der Waals surface area contributed by atoms with Crippen molar-refractivity contribution in [1.29, 1.82) is 0 Å². The molecule has 1 aliphatic rings. The summed E-state index contributed by atoms with van der Waals surface area (Å²) in [5, 5.41) is 14.8. The highest BCUT2D eigenvalue weighted by atomic mass is 16.4. The van der Waals surface area contributed by atoms with Crippen molar-refractivity contribution in [2.24, 2.45) is 10.1 Å². The second kappa shape index (κ2) is 4.57. The zero-order chi connectivity index (χ0) is 11.4. The highest BCUT2D eigenvalue weighted by Crippen LogP contribution is 2.03. The minimum atomic E-state index is -0.337. The van der Waals surface area contributed by atoms with Crippen molar-refractivity contribution in [3.05, 3.63) is 35.9 Å². The average Bonchev–Trinajstić information content (AvgIpc) is 2.85. The van der Waals surface area contributed by atoms with Crippen LogP contribution in [0.15, 0.2) is 40.5 Å². The summed E-state index contributed by atoms with van der Waals surface area (Å²) in [6.45, 7) is 1.26. The fourth-order valence-corrected chi connectivity index (χ4v) is 1.48. The predicted molar refractivity (Wildman–Crippen MR) is 60.3 cm³/mol. The molecule has 1 aliphatic heterocycles. The molecule has 0 saturated carbocycles. The van der Waals surface area contributed by atoms with E-state index in [1.807, 2.05) is 6.07 Å². The number of ketones is 1. The molecule has 5 heteroatoms. The van der Waals surface area contributed by atoms with E-state index >= 15 is 0 Å². The van der Waals surface area contributed by atoms with E-state index < -0.39 is 0 Å². The zero-order valence-corrected chi connectivity index (χ0v) is 8.55. The molecule has 0 atom stereocenters. The second-order valence-corrected chi connectivity index (χ2v) is 3.30. The van der Waals surface area contributed by atoms with Gasteiger partial charge in [-0.15, -0.1) is 0 Å². The Morgan fingerprint density at radius 1 is 1.38 bits per heavy atom. The fourth-order valence-electron chi connectivity index (χ4n) is 1.48. The number of oxime groups is 1. The minimum absolute atomic E-state index is 0.0382. The molecule has 1 heterocycles. The third-order valence-corrected chi connectivity index (χ3v) is 2.25. The molecule has 1 aromatic carbocycles. The van der Waals surface area contributed by atoms with Gasteiger partial charge in [0.05, 0.1) is 6.54 Å². The van der Waals surface area contributed by atoms with E-state index in [1.165, 1.54) is 0 Å². The van der Waals surface area contributed by atoms with Crippen molar-refractivity contribution < 1.29 is 10.0 Å². The van der Waals surface area contributed by atoms with Crippen molar-refractivity contribution in [3.8, 4) is 0 Å². The Labute approximate surface area is 92.5 Å². The maximum atomic E-state index is 12.0. The van der Waals surface area contributed by atoms with Crippen LogP contribution in [-0.4, -0.2) is 35.6 Å². The number of carbonyl (C=O) groups is 1. The summed E-state index contributed by atoms with van der Waals surface area (Å²) in [6.07, 6.45) is 0. The molecule has 0 amide bonds. The molecular formula is C11H11N3O2. The maximum absolute atomic E-state index is 12.0. The summed E-state index contributed by atoms with van der Waals surface area (Å²) in [4.78, 5) is 16.0. The van der Waals surface area contributed by atoms with Crippen LogP contribution in [0.5, 0.6) is 0 Å². The lowest BCUT2D eigenvalue weighted by molar-refractivity contribution is 0.106. The number of rotatable bonds is 3. The summed E-state index contributed by atoms with van der Waals surface area (Å²) < 4.78 is 0. The molecule has 0 fully saturated rings. The van der Waals surface area contributed by atoms with E-state index in [0.29, 0.717) is 24.5 Å². The molecular weight excluding hydrogens is 206 g/mol. The van der Waals surface area contributed by atoms with Gasteiger partial charge in [-0.05, 0) is 0 Å². The fraction of sp³-hybridized carbons (Fsp3) is 0.182. The van der Waals surface area contributed by atoms with Crippen LogP contribution in [0.1, 0.15) is 10.4 Å². The van der Waals surface area contributed by atoms with E-state index in [9.17, 15) is 4.79 Å². The van der Waals surface area contributed by atoms with E-state index in [2.05, 4.69) is 15.5 Å². The summed E-state index contributed by atoms with van der Waals surface area (Å²) >= 11 is 0. The Morgan fingerprint density at radius 2 is 2.12 bits per heavy atom. The number of hydrogen-bond acceptors (Lipinski definition) is 5. The van der Waals surface area contributed by atoms with E-state index in [1.54, 1.807) is 24.3 Å². The van der Waals surface area contributed by atoms with Crippen LogP contribution in [0.25, 0.3) is 0 Å². The SMILES string of the molecule is O=C(/C(=N/O)C1=NCCN1)c1ccccc1. The van der Waals surface area contributed by atoms with Crippen molar-refractivity contribution in [1.82, 2.24) is 5.32 Å². The van der Waals surface area contributed by atoms with Gasteiger partial charge < -0.3 is 10.5 Å². The third kappa shape index (κ3) is 1.93.